The summed E-state index contributed by atoms with van der Waals surface area (Å²) in [5.74, 6) is 0.685. The molecule has 5 heteroatoms. The molecular weight excluding hydrogens is 282 g/mol. The van der Waals surface area contributed by atoms with Crippen molar-refractivity contribution in [2.75, 3.05) is 26.7 Å². The molecule has 5 nitrogen and oxygen atoms in total. The summed E-state index contributed by atoms with van der Waals surface area (Å²) in [7, 11) is 1.99. The summed E-state index contributed by atoms with van der Waals surface area (Å²) in [6, 6.07) is 7.02. The van der Waals surface area contributed by atoms with Crippen LogP contribution in [0.2, 0.25) is 0 Å². The predicted molar refractivity (Wildman–Crippen MR) is 86.5 cm³/mol. The largest absolute Gasteiger partial charge is 0.492 e. The summed E-state index contributed by atoms with van der Waals surface area (Å²) in [6.45, 7) is 5.80. The summed E-state index contributed by atoms with van der Waals surface area (Å²) in [4.78, 5) is 13.5. The molecule has 1 atom stereocenters. The fourth-order valence-electron chi connectivity index (χ4n) is 2.23. The Balaban J connectivity index is 1.93. The van der Waals surface area contributed by atoms with Crippen molar-refractivity contribution in [3.05, 3.63) is 40.2 Å². The summed E-state index contributed by atoms with van der Waals surface area (Å²) < 4.78 is 10.9. The summed E-state index contributed by atoms with van der Waals surface area (Å²) in [6.07, 6.45) is 0.465. The van der Waals surface area contributed by atoms with Gasteiger partial charge in [-0.3, -0.25) is 0 Å². The van der Waals surface area contributed by atoms with E-state index in [4.69, 9.17) is 9.15 Å². The number of nitrogens with zero attached hydrogens (tertiary/aromatic N) is 1. The quantitative estimate of drug-likeness (QED) is 0.794. The maximum atomic E-state index is 11.4. The monoisotopic (exact) mass is 305 g/mol. The van der Waals surface area contributed by atoms with Gasteiger partial charge in [0.15, 0.2) is 0 Å². The zero-order valence-electron chi connectivity index (χ0n) is 13.3. The first-order valence-corrected chi connectivity index (χ1v) is 7.49. The van der Waals surface area contributed by atoms with Crippen molar-refractivity contribution in [3.8, 4) is 5.75 Å². The van der Waals surface area contributed by atoms with Gasteiger partial charge in [0.1, 0.15) is 17.9 Å². The van der Waals surface area contributed by atoms with Crippen molar-refractivity contribution >= 4 is 11.0 Å². The first-order chi connectivity index (χ1) is 10.5. The van der Waals surface area contributed by atoms with Crippen LogP contribution in [0.15, 0.2) is 33.5 Å². The number of hydrogen-bond acceptors (Lipinski definition) is 5. The van der Waals surface area contributed by atoms with E-state index in [1.54, 1.807) is 13.0 Å². The van der Waals surface area contributed by atoms with Crippen LogP contribution in [0.25, 0.3) is 11.0 Å². The number of fused-ring (bicyclic) bond motifs is 1. The lowest BCUT2D eigenvalue weighted by Gasteiger charge is -2.17. The minimum absolute atomic E-state index is 0.282. The highest BCUT2D eigenvalue weighted by Crippen LogP contribution is 2.22. The SMILES string of the molecule is Cc1cc(=O)oc2cc(OCCN(C)CCC(C)O)ccc12. The highest BCUT2D eigenvalue weighted by Gasteiger charge is 2.05. The molecule has 1 heterocycles. The van der Waals surface area contributed by atoms with Crippen molar-refractivity contribution in [3.63, 3.8) is 0 Å². The number of aliphatic hydroxyl groups is 1. The number of aliphatic hydroxyl groups excluding tert-OH is 1. The number of ether oxygens (including phenoxy) is 1. The lowest BCUT2D eigenvalue weighted by molar-refractivity contribution is 0.157. The molecular formula is C17H23NO4. The van der Waals surface area contributed by atoms with Gasteiger partial charge in [0.25, 0.3) is 0 Å². The number of benzene rings is 1. The van der Waals surface area contributed by atoms with Gasteiger partial charge in [-0.05, 0) is 45.0 Å². The second-order valence-electron chi connectivity index (χ2n) is 5.70. The minimum Gasteiger partial charge on any atom is -0.492 e. The Morgan fingerprint density at radius 2 is 2.09 bits per heavy atom. The number of likely N-dealkylation sites (N-methyl/N-ethyl adjacent to an activating group) is 1. The molecule has 0 aliphatic rings. The summed E-state index contributed by atoms with van der Waals surface area (Å²) in [5.41, 5.74) is 1.10. The van der Waals surface area contributed by atoms with Gasteiger partial charge in [-0.15, -0.1) is 0 Å². The molecule has 120 valence electrons. The van der Waals surface area contributed by atoms with Gasteiger partial charge in [0, 0.05) is 30.6 Å². The molecule has 0 saturated heterocycles. The maximum Gasteiger partial charge on any atom is 0.336 e. The van der Waals surface area contributed by atoms with Gasteiger partial charge in [0.2, 0.25) is 0 Å². The fourth-order valence-corrected chi connectivity index (χ4v) is 2.23. The normalized spacial score (nSPS) is 12.8. The average molecular weight is 305 g/mol. The smallest absolute Gasteiger partial charge is 0.336 e. The van der Waals surface area contributed by atoms with Gasteiger partial charge in [0.05, 0.1) is 6.10 Å². The summed E-state index contributed by atoms with van der Waals surface area (Å²) in [5, 5.41) is 10.2. The van der Waals surface area contributed by atoms with E-state index in [0.717, 1.165) is 30.5 Å². The molecule has 0 fully saturated rings. The van der Waals surface area contributed by atoms with E-state index in [0.29, 0.717) is 17.9 Å². The highest BCUT2D eigenvalue weighted by molar-refractivity contribution is 5.81. The molecule has 0 saturated carbocycles. The standard InChI is InChI=1S/C17H23NO4/c1-12-10-17(20)22-16-11-14(4-5-15(12)16)21-9-8-18(3)7-6-13(2)19/h4-5,10-11,13,19H,6-9H2,1-3H3. The van der Waals surface area contributed by atoms with Crippen molar-refractivity contribution in [1.82, 2.24) is 4.90 Å². The second-order valence-corrected chi connectivity index (χ2v) is 5.70. The van der Waals surface area contributed by atoms with E-state index in [9.17, 15) is 9.90 Å². The van der Waals surface area contributed by atoms with E-state index in [2.05, 4.69) is 4.90 Å². The van der Waals surface area contributed by atoms with Crippen LogP contribution < -0.4 is 10.4 Å². The fraction of sp³-hybridized carbons (Fsp3) is 0.471. The molecule has 2 rings (SSSR count). The molecule has 0 bridgehead atoms. The van der Waals surface area contributed by atoms with Crippen LogP contribution in [0.3, 0.4) is 0 Å². The Morgan fingerprint density at radius 1 is 1.32 bits per heavy atom. The van der Waals surface area contributed by atoms with E-state index in [1.807, 2.05) is 26.1 Å². The predicted octanol–water partition coefficient (Wildman–Crippen LogP) is 2.18. The van der Waals surface area contributed by atoms with Crippen LogP contribution in [0.1, 0.15) is 18.9 Å². The lowest BCUT2D eigenvalue weighted by atomic mass is 10.1. The third-order valence-corrected chi connectivity index (χ3v) is 3.59. The van der Waals surface area contributed by atoms with Crippen LogP contribution in [0.5, 0.6) is 5.75 Å². The van der Waals surface area contributed by atoms with Crippen molar-refractivity contribution in [1.29, 1.82) is 0 Å². The average Bonchev–Trinajstić information content (AvgIpc) is 2.44. The van der Waals surface area contributed by atoms with E-state index in [-0.39, 0.29) is 11.7 Å². The Labute approximate surface area is 130 Å². The van der Waals surface area contributed by atoms with Crippen LogP contribution in [0.4, 0.5) is 0 Å². The zero-order chi connectivity index (χ0) is 16.1. The minimum atomic E-state index is -0.347. The van der Waals surface area contributed by atoms with Crippen molar-refractivity contribution in [2.24, 2.45) is 0 Å². The third kappa shape index (κ3) is 4.58. The van der Waals surface area contributed by atoms with Crippen molar-refractivity contribution < 1.29 is 14.3 Å². The Bertz CT molecular complexity index is 678. The molecule has 0 amide bonds. The van der Waals surface area contributed by atoms with Gasteiger partial charge >= 0.3 is 5.63 Å². The first-order valence-electron chi connectivity index (χ1n) is 7.49. The molecule has 1 aromatic heterocycles. The molecule has 0 aliphatic heterocycles. The van der Waals surface area contributed by atoms with E-state index >= 15 is 0 Å². The number of aryl methyl sites for hydroxylation is 1. The molecule has 0 aliphatic carbocycles. The molecule has 1 unspecified atom stereocenters. The Morgan fingerprint density at radius 3 is 2.82 bits per heavy atom. The zero-order valence-corrected chi connectivity index (χ0v) is 13.3. The van der Waals surface area contributed by atoms with Gasteiger partial charge in [-0.25, -0.2) is 4.79 Å². The number of rotatable bonds is 7. The topological polar surface area (TPSA) is 62.9 Å². The summed E-state index contributed by atoms with van der Waals surface area (Å²) >= 11 is 0. The van der Waals surface area contributed by atoms with Crippen LogP contribution in [-0.2, 0) is 0 Å². The third-order valence-electron chi connectivity index (χ3n) is 3.59. The van der Waals surface area contributed by atoms with E-state index in [1.165, 1.54) is 6.07 Å². The number of hydrogen-bond donors (Lipinski definition) is 1. The molecule has 2 aromatic rings. The Hall–Kier alpha value is -1.85. The molecule has 0 spiro atoms. The molecule has 0 radical (unpaired) electrons. The van der Waals surface area contributed by atoms with Gasteiger partial charge in [-0.1, -0.05) is 0 Å². The second kappa shape index (κ2) is 7.42. The van der Waals surface area contributed by atoms with Crippen LogP contribution in [-0.4, -0.2) is 42.9 Å². The molecule has 1 N–H and O–H groups in total. The van der Waals surface area contributed by atoms with Crippen LogP contribution >= 0.6 is 0 Å². The maximum absolute atomic E-state index is 11.4. The highest BCUT2D eigenvalue weighted by atomic mass is 16.5. The molecule has 22 heavy (non-hydrogen) atoms. The lowest BCUT2D eigenvalue weighted by Crippen LogP contribution is -2.27. The molecule has 1 aromatic carbocycles. The van der Waals surface area contributed by atoms with Gasteiger partial charge < -0.3 is 19.2 Å². The van der Waals surface area contributed by atoms with E-state index < -0.39 is 0 Å². The van der Waals surface area contributed by atoms with Gasteiger partial charge in [-0.2, -0.15) is 0 Å². The van der Waals surface area contributed by atoms with Crippen molar-refractivity contribution in [2.45, 2.75) is 26.4 Å². The van der Waals surface area contributed by atoms with Crippen LogP contribution in [0, 0.1) is 6.92 Å². The Kier molecular flexibility index (Phi) is 5.57. The first kappa shape index (κ1) is 16.5.